The minimum Gasteiger partial charge on any atom is -0.0651 e. The number of rotatable bonds is 8. The van der Waals surface area contributed by atoms with Crippen molar-refractivity contribution >= 4 is 0 Å². The van der Waals surface area contributed by atoms with E-state index in [1.54, 1.807) is 0 Å². The van der Waals surface area contributed by atoms with Gasteiger partial charge in [0.1, 0.15) is 0 Å². The first-order chi connectivity index (χ1) is 18.7. The van der Waals surface area contributed by atoms with E-state index in [0.29, 0.717) is 27.1 Å². The van der Waals surface area contributed by atoms with E-state index in [9.17, 15) is 0 Å². The predicted molar refractivity (Wildman–Crippen MR) is 177 cm³/mol. The third kappa shape index (κ3) is 3.74. The Morgan fingerprint density at radius 3 is 1.85 bits per heavy atom. The van der Waals surface area contributed by atoms with Gasteiger partial charge in [-0.1, -0.05) is 123 Å². The molecule has 3 bridgehead atoms. The molecule has 0 heterocycles. The van der Waals surface area contributed by atoms with Crippen LogP contribution in [0.1, 0.15) is 168 Å². The van der Waals surface area contributed by atoms with Crippen molar-refractivity contribution in [1.82, 2.24) is 0 Å². The van der Waals surface area contributed by atoms with Crippen LogP contribution in [0.25, 0.3) is 0 Å². The SMILES string of the molecule is CCC1C(C)C23CCCC(CC)C4(C(CC(C)C)C(C2)C(C)C3(C)C)C1C(C)C(CC)C(C)(CC)C4(CC)CC. The summed E-state index contributed by atoms with van der Waals surface area (Å²) in [6.45, 7) is 37.7. The Kier molecular flexibility index (Phi) is 9.19. The fourth-order valence-electron chi connectivity index (χ4n) is 15.6. The summed E-state index contributed by atoms with van der Waals surface area (Å²) in [5.41, 5.74) is 2.20. The molecule has 5 rings (SSSR count). The average molecular weight is 555 g/mol. The minimum atomic E-state index is 0.410. The van der Waals surface area contributed by atoms with Crippen LogP contribution >= 0.6 is 0 Å². The second-order valence-electron chi connectivity index (χ2n) is 17.5. The molecule has 12 atom stereocenters. The van der Waals surface area contributed by atoms with Gasteiger partial charge in [-0.25, -0.2) is 0 Å². The van der Waals surface area contributed by atoms with E-state index in [1.165, 1.54) is 70.6 Å². The topological polar surface area (TPSA) is 0 Å². The molecule has 5 fully saturated rings. The van der Waals surface area contributed by atoms with Crippen LogP contribution in [-0.4, -0.2) is 0 Å². The Labute approximate surface area is 253 Å². The Balaban J connectivity index is 2.27. The van der Waals surface area contributed by atoms with Crippen molar-refractivity contribution < 1.29 is 0 Å². The first-order valence-corrected chi connectivity index (χ1v) is 18.7. The maximum Gasteiger partial charge on any atom is -0.0143 e. The van der Waals surface area contributed by atoms with Crippen LogP contribution in [0, 0.1) is 86.3 Å². The molecule has 0 saturated heterocycles. The standard InChI is InChI=1S/C40H74/c1-15-30-22-21-23-38-25-32(28(10)36(38,12)13)34(24-26(7)8)40(30)35(31(16-2)29(38)11)27(9)33(17-3)37(14,18-4)39(40,19-5)20-6/h26-35H,15-25H2,1-14H3. The van der Waals surface area contributed by atoms with E-state index >= 15 is 0 Å². The zero-order valence-corrected chi connectivity index (χ0v) is 30.1. The van der Waals surface area contributed by atoms with E-state index < -0.39 is 0 Å². The normalized spacial score (nSPS) is 49.7. The monoisotopic (exact) mass is 555 g/mol. The number of hydrogen-bond donors (Lipinski definition) is 0. The van der Waals surface area contributed by atoms with Gasteiger partial charge < -0.3 is 0 Å². The zero-order chi connectivity index (χ0) is 30.1. The van der Waals surface area contributed by atoms with Crippen LogP contribution in [0.5, 0.6) is 0 Å². The molecule has 0 N–H and O–H groups in total. The molecule has 0 aromatic carbocycles. The van der Waals surface area contributed by atoms with Crippen molar-refractivity contribution in [2.75, 3.05) is 0 Å². The van der Waals surface area contributed by atoms with Crippen molar-refractivity contribution in [3.05, 3.63) is 0 Å². The van der Waals surface area contributed by atoms with Gasteiger partial charge in [0, 0.05) is 0 Å². The fourth-order valence-corrected chi connectivity index (χ4v) is 15.6. The van der Waals surface area contributed by atoms with Gasteiger partial charge in [0.25, 0.3) is 0 Å². The van der Waals surface area contributed by atoms with Gasteiger partial charge in [0.05, 0.1) is 0 Å². The molecule has 0 heteroatoms. The van der Waals surface area contributed by atoms with Gasteiger partial charge in [-0.3, -0.25) is 0 Å². The first kappa shape index (κ1) is 32.9. The third-order valence-electron chi connectivity index (χ3n) is 17.2. The highest BCUT2D eigenvalue weighted by Gasteiger charge is 2.77. The van der Waals surface area contributed by atoms with Gasteiger partial charge in [0.2, 0.25) is 0 Å². The maximum absolute atomic E-state index is 2.84. The molecule has 0 nitrogen and oxygen atoms in total. The Morgan fingerprint density at radius 2 is 1.38 bits per heavy atom. The van der Waals surface area contributed by atoms with Crippen LogP contribution in [0.3, 0.4) is 0 Å². The Morgan fingerprint density at radius 1 is 0.750 bits per heavy atom. The van der Waals surface area contributed by atoms with Crippen LogP contribution in [0.2, 0.25) is 0 Å². The van der Waals surface area contributed by atoms with Gasteiger partial charge in [-0.2, -0.15) is 0 Å². The highest BCUT2D eigenvalue weighted by atomic mass is 14.8. The van der Waals surface area contributed by atoms with Crippen molar-refractivity contribution in [3.63, 3.8) is 0 Å². The summed E-state index contributed by atoms with van der Waals surface area (Å²) in [6.07, 6.45) is 15.7. The lowest BCUT2D eigenvalue weighted by atomic mass is 9.27. The summed E-state index contributed by atoms with van der Waals surface area (Å²) in [6, 6.07) is 0. The zero-order valence-electron chi connectivity index (χ0n) is 30.1. The van der Waals surface area contributed by atoms with E-state index in [-0.39, 0.29) is 0 Å². The van der Waals surface area contributed by atoms with Crippen LogP contribution in [0.4, 0.5) is 0 Å². The first-order valence-electron chi connectivity index (χ1n) is 18.7. The largest absolute Gasteiger partial charge is 0.0651 e. The van der Waals surface area contributed by atoms with Gasteiger partial charge in [-0.05, 0) is 131 Å². The fraction of sp³-hybridized carbons (Fsp3) is 1.00. The third-order valence-corrected chi connectivity index (χ3v) is 17.2. The molecule has 0 amide bonds. The summed E-state index contributed by atoms with van der Waals surface area (Å²) in [4.78, 5) is 0. The van der Waals surface area contributed by atoms with E-state index in [4.69, 9.17) is 0 Å². The molecule has 234 valence electrons. The van der Waals surface area contributed by atoms with Gasteiger partial charge in [-0.15, -0.1) is 0 Å². The Hall–Kier alpha value is 0. The minimum absolute atomic E-state index is 0.410. The van der Waals surface area contributed by atoms with E-state index in [0.717, 1.165) is 59.2 Å². The van der Waals surface area contributed by atoms with E-state index in [2.05, 4.69) is 96.9 Å². The van der Waals surface area contributed by atoms with Crippen LogP contribution in [-0.2, 0) is 0 Å². The molecule has 40 heavy (non-hydrogen) atoms. The number of hydrogen-bond acceptors (Lipinski definition) is 0. The molecular weight excluding hydrogens is 480 g/mol. The highest BCUT2D eigenvalue weighted by Crippen LogP contribution is 2.83. The van der Waals surface area contributed by atoms with Crippen molar-refractivity contribution in [1.29, 1.82) is 0 Å². The summed E-state index contributed by atoms with van der Waals surface area (Å²) < 4.78 is 0. The summed E-state index contributed by atoms with van der Waals surface area (Å²) in [7, 11) is 0. The summed E-state index contributed by atoms with van der Waals surface area (Å²) >= 11 is 0. The molecule has 0 aromatic heterocycles. The highest BCUT2D eigenvalue weighted by molar-refractivity contribution is 5.25. The molecule has 12 unspecified atom stereocenters. The molecule has 0 aromatic rings. The van der Waals surface area contributed by atoms with Crippen molar-refractivity contribution in [3.8, 4) is 0 Å². The quantitative estimate of drug-likeness (QED) is 0.280. The molecule has 5 aliphatic carbocycles. The average Bonchev–Trinajstić information content (AvgIpc) is 3.17. The molecular formula is C40H74. The second-order valence-corrected chi connectivity index (χ2v) is 17.5. The Bertz CT molecular complexity index is 859. The smallest absolute Gasteiger partial charge is 0.0143 e. The number of fused-ring (bicyclic) bond motifs is 4. The lowest BCUT2D eigenvalue weighted by Gasteiger charge is -2.77. The summed E-state index contributed by atoms with van der Waals surface area (Å²) in [5, 5.41) is 0. The summed E-state index contributed by atoms with van der Waals surface area (Å²) in [5.74, 6) is 8.44. The maximum atomic E-state index is 2.84. The molecule has 0 radical (unpaired) electrons. The van der Waals surface area contributed by atoms with Gasteiger partial charge >= 0.3 is 0 Å². The molecule has 0 aliphatic heterocycles. The van der Waals surface area contributed by atoms with Crippen LogP contribution in [0.15, 0.2) is 0 Å². The second kappa shape index (κ2) is 11.2. The molecule has 2 spiro atoms. The lowest BCUT2D eigenvalue weighted by molar-refractivity contribution is -0.294. The molecule has 5 aliphatic rings. The van der Waals surface area contributed by atoms with E-state index in [1.807, 2.05) is 0 Å². The van der Waals surface area contributed by atoms with Crippen LogP contribution < -0.4 is 0 Å². The van der Waals surface area contributed by atoms with Gasteiger partial charge in [0.15, 0.2) is 0 Å². The molecule has 5 saturated carbocycles. The lowest BCUT2D eigenvalue weighted by Crippen LogP contribution is -2.72. The van der Waals surface area contributed by atoms with Crippen molar-refractivity contribution in [2.24, 2.45) is 86.3 Å². The van der Waals surface area contributed by atoms with Crippen molar-refractivity contribution in [2.45, 2.75) is 168 Å². The predicted octanol–water partition coefficient (Wildman–Crippen LogP) is 12.7.